The van der Waals surface area contributed by atoms with E-state index in [1.807, 2.05) is 21.9 Å². The van der Waals surface area contributed by atoms with Crippen molar-refractivity contribution in [2.75, 3.05) is 43.9 Å². The number of sulfone groups is 1. The van der Waals surface area contributed by atoms with Crippen LogP contribution in [0.4, 0.5) is 5.69 Å². The third kappa shape index (κ3) is 3.50. The molecule has 2 aliphatic rings. The predicted molar refractivity (Wildman–Crippen MR) is 87.3 cm³/mol. The first-order valence-electron chi connectivity index (χ1n) is 7.91. The van der Waals surface area contributed by atoms with Crippen LogP contribution in [0.1, 0.15) is 12.8 Å². The summed E-state index contributed by atoms with van der Waals surface area (Å²) in [5, 5.41) is 0. The monoisotopic (exact) mass is 338 g/mol. The van der Waals surface area contributed by atoms with Gasteiger partial charge in [0.2, 0.25) is 0 Å². The second-order valence-electron chi connectivity index (χ2n) is 6.05. The number of nitrogens with zero attached hydrogens (tertiary/aromatic N) is 2. The van der Waals surface area contributed by atoms with Crippen LogP contribution in [0, 0.1) is 0 Å². The number of para-hydroxylation sites is 1. The normalized spacial score (nSPS) is 22.4. The Hall–Kier alpha value is -1.60. The maximum atomic E-state index is 12.4. The van der Waals surface area contributed by atoms with Crippen LogP contribution in [0.3, 0.4) is 0 Å². The molecule has 2 heterocycles. The molecule has 2 saturated heterocycles. The Kier molecular flexibility index (Phi) is 4.59. The second kappa shape index (κ2) is 6.49. The van der Waals surface area contributed by atoms with Gasteiger partial charge in [0.05, 0.1) is 10.6 Å². The number of carbonyl (C=O) groups excluding carboxylic acids is 1. The first kappa shape index (κ1) is 16.3. The Morgan fingerprint density at radius 2 is 1.87 bits per heavy atom. The summed E-state index contributed by atoms with van der Waals surface area (Å²) in [6, 6.07) is 7.04. The van der Waals surface area contributed by atoms with Crippen LogP contribution >= 0.6 is 0 Å². The Balaban J connectivity index is 1.69. The average molecular weight is 338 g/mol. The van der Waals surface area contributed by atoms with Crippen LogP contribution in [0.2, 0.25) is 0 Å². The molecular formula is C16H22N2O4S. The van der Waals surface area contributed by atoms with Gasteiger partial charge in [-0.05, 0) is 25.0 Å². The first-order valence-corrected chi connectivity index (χ1v) is 9.80. The van der Waals surface area contributed by atoms with Crippen molar-refractivity contribution in [3.8, 4) is 0 Å². The number of ether oxygens (including phenoxy) is 1. The number of piperazine rings is 1. The molecular weight excluding hydrogens is 316 g/mol. The van der Waals surface area contributed by atoms with Gasteiger partial charge in [0.1, 0.15) is 6.10 Å². The highest BCUT2D eigenvalue weighted by molar-refractivity contribution is 7.90. The summed E-state index contributed by atoms with van der Waals surface area (Å²) in [4.78, 5) is 16.6. The maximum Gasteiger partial charge on any atom is 0.251 e. The zero-order valence-electron chi connectivity index (χ0n) is 13.3. The molecule has 0 unspecified atom stereocenters. The summed E-state index contributed by atoms with van der Waals surface area (Å²) in [7, 11) is -3.27. The van der Waals surface area contributed by atoms with Gasteiger partial charge in [-0.2, -0.15) is 0 Å². The molecule has 1 atom stereocenters. The van der Waals surface area contributed by atoms with E-state index >= 15 is 0 Å². The lowest BCUT2D eigenvalue weighted by Gasteiger charge is -2.37. The third-order valence-electron chi connectivity index (χ3n) is 4.40. The van der Waals surface area contributed by atoms with Gasteiger partial charge >= 0.3 is 0 Å². The zero-order chi connectivity index (χ0) is 16.4. The van der Waals surface area contributed by atoms with Crippen molar-refractivity contribution in [3.63, 3.8) is 0 Å². The van der Waals surface area contributed by atoms with Gasteiger partial charge in [-0.3, -0.25) is 4.79 Å². The van der Waals surface area contributed by atoms with Gasteiger partial charge in [0.25, 0.3) is 5.91 Å². The lowest BCUT2D eigenvalue weighted by Crippen LogP contribution is -2.51. The molecule has 1 aromatic rings. The van der Waals surface area contributed by atoms with Gasteiger partial charge in [0, 0.05) is 39.0 Å². The van der Waals surface area contributed by atoms with Crippen LogP contribution < -0.4 is 4.90 Å². The van der Waals surface area contributed by atoms with E-state index in [4.69, 9.17) is 4.74 Å². The predicted octanol–water partition coefficient (Wildman–Crippen LogP) is 0.918. The Labute approximate surface area is 136 Å². The number of amides is 1. The molecule has 6 nitrogen and oxygen atoms in total. The topological polar surface area (TPSA) is 66.9 Å². The maximum absolute atomic E-state index is 12.4. The quantitative estimate of drug-likeness (QED) is 0.820. The van der Waals surface area contributed by atoms with Crippen molar-refractivity contribution < 1.29 is 17.9 Å². The fraction of sp³-hybridized carbons (Fsp3) is 0.562. The molecule has 1 amide bonds. The van der Waals surface area contributed by atoms with E-state index < -0.39 is 9.84 Å². The number of hydrogen-bond donors (Lipinski definition) is 0. The molecule has 0 aliphatic carbocycles. The summed E-state index contributed by atoms with van der Waals surface area (Å²) in [5.74, 6) is 0.0681. The van der Waals surface area contributed by atoms with Crippen LogP contribution in [-0.2, 0) is 19.4 Å². The van der Waals surface area contributed by atoms with Crippen LogP contribution in [0.5, 0.6) is 0 Å². The molecule has 0 aromatic heterocycles. The standard InChI is InChI=1S/C16H22N2O4S/c1-23(20,21)15-7-3-2-5-13(15)17-8-10-18(11-9-17)16(19)14-6-4-12-22-14/h2-3,5,7,14H,4,6,8-12H2,1H3/t14-/m1/s1. The average Bonchev–Trinajstić information content (AvgIpc) is 3.08. The fourth-order valence-corrected chi connectivity index (χ4v) is 4.08. The molecule has 126 valence electrons. The summed E-state index contributed by atoms with van der Waals surface area (Å²) in [6.07, 6.45) is 2.68. The second-order valence-corrected chi connectivity index (χ2v) is 8.04. The molecule has 0 bridgehead atoms. The molecule has 2 aliphatic heterocycles. The zero-order valence-corrected chi connectivity index (χ0v) is 14.1. The largest absolute Gasteiger partial charge is 0.368 e. The van der Waals surface area contributed by atoms with E-state index in [9.17, 15) is 13.2 Å². The van der Waals surface area contributed by atoms with Crippen molar-refractivity contribution in [2.45, 2.75) is 23.8 Å². The number of anilines is 1. The molecule has 3 rings (SSSR count). The van der Waals surface area contributed by atoms with Crippen LogP contribution in [-0.4, -0.2) is 64.4 Å². The Bertz CT molecular complexity index is 675. The number of benzene rings is 1. The van der Waals surface area contributed by atoms with Gasteiger partial charge in [-0.15, -0.1) is 0 Å². The number of rotatable bonds is 3. The number of carbonyl (C=O) groups is 1. The minimum absolute atomic E-state index is 0.0681. The van der Waals surface area contributed by atoms with E-state index in [1.54, 1.807) is 12.1 Å². The summed E-state index contributed by atoms with van der Waals surface area (Å²) < 4.78 is 29.3. The van der Waals surface area contributed by atoms with Gasteiger partial charge in [-0.25, -0.2) is 8.42 Å². The van der Waals surface area contributed by atoms with Crippen molar-refractivity contribution >= 4 is 21.4 Å². The molecule has 0 N–H and O–H groups in total. The van der Waals surface area contributed by atoms with Crippen LogP contribution in [0.25, 0.3) is 0 Å². The van der Waals surface area contributed by atoms with Gasteiger partial charge in [-0.1, -0.05) is 12.1 Å². The molecule has 2 fully saturated rings. The lowest BCUT2D eigenvalue weighted by molar-refractivity contribution is -0.141. The van der Waals surface area contributed by atoms with Crippen molar-refractivity contribution in [1.82, 2.24) is 4.90 Å². The highest BCUT2D eigenvalue weighted by Crippen LogP contribution is 2.26. The molecule has 7 heteroatoms. The van der Waals surface area contributed by atoms with E-state index in [0.29, 0.717) is 37.7 Å². The minimum atomic E-state index is -3.27. The highest BCUT2D eigenvalue weighted by Gasteiger charge is 2.31. The lowest BCUT2D eigenvalue weighted by atomic mass is 10.2. The Morgan fingerprint density at radius 3 is 2.48 bits per heavy atom. The molecule has 1 aromatic carbocycles. The fourth-order valence-electron chi connectivity index (χ4n) is 3.18. The minimum Gasteiger partial charge on any atom is -0.368 e. The number of hydrogen-bond acceptors (Lipinski definition) is 5. The summed E-state index contributed by atoms with van der Waals surface area (Å²) in [5.41, 5.74) is 0.721. The molecule has 0 spiro atoms. The van der Waals surface area contributed by atoms with E-state index in [0.717, 1.165) is 18.5 Å². The van der Waals surface area contributed by atoms with E-state index in [2.05, 4.69) is 0 Å². The third-order valence-corrected chi connectivity index (χ3v) is 5.55. The van der Waals surface area contributed by atoms with E-state index in [1.165, 1.54) is 6.26 Å². The summed E-state index contributed by atoms with van der Waals surface area (Å²) >= 11 is 0. The Morgan fingerprint density at radius 1 is 1.17 bits per heavy atom. The van der Waals surface area contributed by atoms with Crippen molar-refractivity contribution in [2.24, 2.45) is 0 Å². The SMILES string of the molecule is CS(=O)(=O)c1ccccc1N1CCN(C(=O)[C@H]2CCCO2)CC1. The smallest absolute Gasteiger partial charge is 0.251 e. The van der Waals surface area contributed by atoms with Crippen molar-refractivity contribution in [3.05, 3.63) is 24.3 Å². The van der Waals surface area contributed by atoms with Crippen molar-refractivity contribution in [1.29, 1.82) is 0 Å². The van der Waals surface area contributed by atoms with Gasteiger partial charge < -0.3 is 14.5 Å². The van der Waals surface area contributed by atoms with E-state index in [-0.39, 0.29) is 12.0 Å². The molecule has 23 heavy (non-hydrogen) atoms. The molecule has 0 saturated carbocycles. The van der Waals surface area contributed by atoms with Crippen LogP contribution in [0.15, 0.2) is 29.2 Å². The first-order chi connectivity index (χ1) is 11.0. The highest BCUT2D eigenvalue weighted by atomic mass is 32.2. The summed E-state index contributed by atoms with van der Waals surface area (Å²) in [6.45, 7) is 3.11. The van der Waals surface area contributed by atoms with Gasteiger partial charge in [0.15, 0.2) is 9.84 Å². The molecule has 0 radical (unpaired) electrons.